The molecule has 0 saturated carbocycles. The first-order valence-corrected chi connectivity index (χ1v) is 9.04. The number of hydrogen-bond acceptors (Lipinski definition) is 4. The zero-order valence-corrected chi connectivity index (χ0v) is 15.7. The molecule has 0 aliphatic heterocycles. The summed E-state index contributed by atoms with van der Waals surface area (Å²) in [6.45, 7) is 2.35. The topological polar surface area (TPSA) is 72.7 Å². The SMILES string of the molecule is COCCn1c(=NC(=O)c2ccccc2F)sc2cc(NC(C)=O)ccc21. The van der Waals surface area contributed by atoms with Gasteiger partial charge in [-0.3, -0.25) is 9.59 Å². The minimum Gasteiger partial charge on any atom is -0.383 e. The predicted molar refractivity (Wildman–Crippen MR) is 102 cm³/mol. The Kier molecular flexibility index (Phi) is 5.78. The molecule has 0 radical (unpaired) electrons. The van der Waals surface area contributed by atoms with Gasteiger partial charge in [0.15, 0.2) is 4.80 Å². The summed E-state index contributed by atoms with van der Waals surface area (Å²) in [5.74, 6) is -1.42. The minimum atomic E-state index is -0.645. The van der Waals surface area contributed by atoms with E-state index in [0.717, 1.165) is 10.2 Å². The molecule has 27 heavy (non-hydrogen) atoms. The number of hydrogen-bond donors (Lipinski definition) is 1. The van der Waals surface area contributed by atoms with Crippen molar-refractivity contribution in [2.24, 2.45) is 4.99 Å². The third-order valence-corrected chi connectivity index (χ3v) is 4.86. The van der Waals surface area contributed by atoms with Crippen molar-refractivity contribution in [1.29, 1.82) is 0 Å². The lowest BCUT2D eigenvalue weighted by atomic mass is 10.2. The number of thiazole rings is 1. The third kappa shape index (κ3) is 4.29. The first kappa shape index (κ1) is 18.9. The van der Waals surface area contributed by atoms with Crippen LogP contribution in [0, 0.1) is 5.82 Å². The second kappa shape index (κ2) is 8.24. The molecule has 2 amide bonds. The molecule has 140 valence electrons. The van der Waals surface area contributed by atoms with Gasteiger partial charge in [-0.2, -0.15) is 4.99 Å². The lowest BCUT2D eigenvalue weighted by Crippen LogP contribution is -2.19. The number of rotatable bonds is 5. The zero-order chi connectivity index (χ0) is 19.4. The lowest BCUT2D eigenvalue weighted by Gasteiger charge is -2.05. The molecule has 0 spiro atoms. The highest BCUT2D eigenvalue weighted by Gasteiger charge is 2.13. The Morgan fingerprint density at radius 3 is 2.74 bits per heavy atom. The predicted octanol–water partition coefficient (Wildman–Crippen LogP) is 3.19. The third-order valence-electron chi connectivity index (χ3n) is 3.82. The molecule has 0 aliphatic carbocycles. The molecule has 0 aliphatic rings. The van der Waals surface area contributed by atoms with Crippen LogP contribution >= 0.6 is 11.3 Å². The van der Waals surface area contributed by atoms with Crippen molar-refractivity contribution in [2.75, 3.05) is 19.0 Å². The fraction of sp³-hybridized carbons (Fsp3) is 0.211. The van der Waals surface area contributed by atoms with E-state index >= 15 is 0 Å². The fourth-order valence-corrected chi connectivity index (χ4v) is 3.71. The van der Waals surface area contributed by atoms with Crippen molar-refractivity contribution in [3.63, 3.8) is 0 Å². The summed E-state index contributed by atoms with van der Waals surface area (Å²) in [5, 5.41) is 2.73. The highest BCUT2D eigenvalue weighted by atomic mass is 32.1. The quantitative estimate of drug-likeness (QED) is 0.731. The van der Waals surface area contributed by atoms with E-state index in [9.17, 15) is 14.0 Å². The molecule has 1 heterocycles. The second-order valence-corrected chi connectivity index (χ2v) is 6.80. The molecule has 8 heteroatoms. The molecule has 0 atom stereocenters. The molecule has 0 saturated heterocycles. The van der Waals surface area contributed by atoms with Gasteiger partial charge in [-0.15, -0.1) is 0 Å². The maximum Gasteiger partial charge on any atom is 0.282 e. The van der Waals surface area contributed by atoms with Gasteiger partial charge in [-0.05, 0) is 30.3 Å². The van der Waals surface area contributed by atoms with Crippen LogP contribution in [0.25, 0.3) is 10.2 Å². The average molecular weight is 387 g/mol. The number of carbonyl (C=O) groups is 2. The molecule has 1 aromatic heterocycles. The number of benzene rings is 2. The number of nitrogens with one attached hydrogen (secondary N) is 1. The standard InChI is InChI=1S/C19H18FN3O3S/c1-12(24)21-13-7-8-16-17(11-13)27-19(23(16)9-10-26-2)22-18(25)14-5-3-4-6-15(14)20/h3-8,11H,9-10H2,1-2H3,(H,21,24). The van der Waals surface area contributed by atoms with Crippen molar-refractivity contribution in [3.8, 4) is 0 Å². The van der Waals surface area contributed by atoms with Gasteiger partial charge in [-0.25, -0.2) is 4.39 Å². The molecule has 0 bridgehead atoms. The van der Waals surface area contributed by atoms with Crippen LogP contribution in [-0.2, 0) is 16.1 Å². The van der Waals surface area contributed by atoms with E-state index in [1.165, 1.54) is 36.5 Å². The van der Waals surface area contributed by atoms with Gasteiger partial charge in [-0.1, -0.05) is 23.5 Å². The van der Waals surface area contributed by atoms with E-state index in [2.05, 4.69) is 10.3 Å². The number of amides is 2. The number of methoxy groups -OCH3 is 1. The van der Waals surface area contributed by atoms with Crippen LogP contribution < -0.4 is 10.1 Å². The summed E-state index contributed by atoms with van der Waals surface area (Å²) in [5.41, 5.74) is 1.43. The van der Waals surface area contributed by atoms with Crippen LogP contribution in [-0.4, -0.2) is 30.1 Å². The number of ether oxygens (including phenoxy) is 1. The van der Waals surface area contributed by atoms with Crippen LogP contribution in [0.5, 0.6) is 0 Å². The number of carbonyl (C=O) groups excluding carboxylic acids is 2. The Bertz CT molecular complexity index is 1070. The van der Waals surface area contributed by atoms with Crippen molar-refractivity contribution < 1.29 is 18.7 Å². The smallest absolute Gasteiger partial charge is 0.282 e. The van der Waals surface area contributed by atoms with Crippen LogP contribution in [0.1, 0.15) is 17.3 Å². The Balaban J connectivity index is 2.10. The van der Waals surface area contributed by atoms with Crippen LogP contribution in [0.15, 0.2) is 47.5 Å². The molecule has 0 fully saturated rings. The Labute approximate surface area is 158 Å². The van der Waals surface area contributed by atoms with Gasteiger partial charge < -0.3 is 14.6 Å². The van der Waals surface area contributed by atoms with Gasteiger partial charge in [0.05, 0.1) is 22.4 Å². The van der Waals surface area contributed by atoms with E-state index in [-0.39, 0.29) is 11.5 Å². The summed E-state index contributed by atoms with van der Waals surface area (Å²) in [6, 6.07) is 11.2. The van der Waals surface area contributed by atoms with Gasteiger partial charge >= 0.3 is 0 Å². The Hall–Kier alpha value is -2.84. The van der Waals surface area contributed by atoms with Gasteiger partial charge in [0.25, 0.3) is 5.91 Å². The number of nitrogens with zero attached hydrogens (tertiary/aromatic N) is 2. The normalized spacial score (nSPS) is 11.7. The highest BCUT2D eigenvalue weighted by molar-refractivity contribution is 7.16. The lowest BCUT2D eigenvalue weighted by molar-refractivity contribution is -0.114. The van der Waals surface area contributed by atoms with E-state index in [1.54, 1.807) is 19.2 Å². The molecule has 0 unspecified atom stereocenters. The molecule has 2 aromatic carbocycles. The van der Waals surface area contributed by atoms with Crippen molar-refractivity contribution in [2.45, 2.75) is 13.5 Å². The average Bonchev–Trinajstić information content (AvgIpc) is 2.95. The van der Waals surface area contributed by atoms with E-state index in [0.29, 0.717) is 23.6 Å². The first-order chi connectivity index (χ1) is 13.0. The van der Waals surface area contributed by atoms with Crippen LogP contribution in [0.2, 0.25) is 0 Å². The number of aromatic nitrogens is 1. The number of anilines is 1. The second-order valence-electron chi connectivity index (χ2n) is 5.79. The van der Waals surface area contributed by atoms with Gasteiger partial charge in [0.1, 0.15) is 5.82 Å². The van der Waals surface area contributed by atoms with Crippen molar-refractivity contribution >= 4 is 39.1 Å². The Morgan fingerprint density at radius 1 is 1.26 bits per heavy atom. The maximum absolute atomic E-state index is 13.9. The minimum absolute atomic E-state index is 0.0767. The van der Waals surface area contributed by atoms with Crippen LogP contribution in [0.4, 0.5) is 10.1 Å². The molecular formula is C19H18FN3O3S. The zero-order valence-electron chi connectivity index (χ0n) is 14.9. The van der Waals surface area contributed by atoms with E-state index in [4.69, 9.17) is 4.74 Å². The number of halogens is 1. The first-order valence-electron chi connectivity index (χ1n) is 8.23. The molecule has 6 nitrogen and oxygen atoms in total. The molecular weight excluding hydrogens is 369 g/mol. The van der Waals surface area contributed by atoms with E-state index < -0.39 is 11.7 Å². The summed E-state index contributed by atoms with van der Waals surface area (Å²) < 4.78 is 21.7. The van der Waals surface area contributed by atoms with Crippen molar-refractivity contribution in [3.05, 3.63) is 58.6 Å². The monoisotopic (exact) mass is 387 g/mol. The molecule has 1 N–H and O–H groups in total. The molecule has 3 aromatic rings. The Morgan fingerprint density at radius 2 is 2.04 bits per heavy atom. The summed E-state index contributed by atoms with van der Waals surface area (Å²) >= 11 is 1.29. The summed E-state index contributed by atoms with van der Waals surface area (Å²) in [6.07, 6.45) is 0. The number of fused-ring (bicyclic) bond motifs is 1. The molecule has 3 rings (SSSR count). The van der Waals surface area contributed by atoms with E-state index in [1.807, 2.05) is 16.7 Å². The fourth-order valence-electron chi connectivity index (χ4n) is 2.62. The summed E-state index contributed by atoms with van der Waals surface area (Å²) in [7, 11) is 1.59. The highest BCUT2D eigenvalue weighted by Crippen LogP contribution is 2.22. The van der Waals surface area contributed by atoms with Crippen LogP contribution in [0.3, 0.4) is 0 Å². The van der Waals surface area contributed by atoms with Gasteiger partial charge in [0, 0.05) is 26.3 Å². The maximum atomic E-state index is 13.9. The van der Waals surface area contributed by atoms with Crippen molar-refractivity contribution in [1.82, 2.24) is 4.57 Å². The summed E-state index contributed by atoms with van der Waals surface area (Å²) in [4.78, 5) is 28.3. The largest absolute Gasteiger partial charge is 0.383 e. The van der Waals surface area contributed by atoms with Gasteiger partial charge in [0.2, 0.25) is 5.91 Å².